The first-order valence-corrected chi connectivity index (χ1v) is 8.91. The van der Waals surface area contributed by atoms with Gasteiger partial charge in [-0.3, -0.25) is 9.59 Å². The molecule has 0 aliphatic heterocycles. The fourth-order valence-corrected chi connectivity index (χ4v) is 4.42. The first-order chi connectivity index (χ1) is 10.4. The van der Waals surface area contributed by atoms with Crippen molar-refractivity contribution in [3.8, 4) is 0 Å². The summed E-state index contributed by atoms with van der Waals surface area (Å²) in [6.45, 7) is 0. The van der Waals surface area contributed by atoms with Crippen LogP contribution in [0.2, 0.25) is 0 Å². The van der Waals surface area contributed by atoms with Gasteiger partial charge < -0.3 is 10.4 Å². The first-order valence-electron chi connectivity index (χ1n) is 7.19. The highest BCUT2D eigenvalue weighted by Crippen LogP contribution is 2.25. The number of carbonyl (C=O) groups excluding carboxylic acids is 1. The number of hydrogen-bond acceptors (Lipinski definition) is 4. The molecule has 1 aromatic rings. The zero-order valence-electron chi connectivity index (χ0n) is 12.1. The molecular formula is C15H19NO5S. The van der Waals surface area contributed by atoms with Crippen molar-refractivity contribution in [1.82, 2.24) is 0 Å². The van der Waals surface area contributed by atoms with Crippen LogP contribution in [0.3, 0.4) is 0 Å². The lowest BCUT2D eigenvalue weighted by molar-refractivity contribution is -0.136. The van der Waals surface area contributed by atoms with Gasteiger partial charge in [-0.1, -0.05) is 31.0 Å². The second kappa shape index (κ2) is 6.91. The number of sulfone groups is 1. The third-order valence-electron chi connectivity index (χ3n) is 3.78. The molecule has 0 unspecified atom stereocenters. The Morgan fingerprint density at radius 2 is 1.82 bits per heavy atom. The van der Waals surface area contributed by atoms with Crippen LogP contribution in [0.15, 0.2) is 24.3 Å². The highest BCUT2D eigenvalue weighted by Gasteiger charge is 2.30. The molecule has 0 bridgehead atoms. The minimum Gasteiger partial charge on any atom is -0.481 e. The lowest BCUT2D eigenvalue weighted by Gasteiger charge is -2.12. The third kappa shape index (κ3) is 4.30. The molecule has 2 N–H and O–H groups in total. The second-order valence-electron chi connectivity index (χ2n) is 5.49. The molecule has 1 aliphatic carbocycles. The van der Waals surface area contributed by atoms with Gasteiger partial charge in [-0.05, 0) is 24.5 Å². The number of nitrogens with one attached hydrogen (secondary N) is 1. The SMILES string of the molecule is O=C(O)Cc1ccccc1NC(=O)CS(=O)(=O)C1CCCC1. The molecule has 1 saturated carbocycles. The number of aliphatic carboxylic acids is 1. The van der Waals surface area contributed by atoms with Gasteiger partial charge in [0.1, 0.15) is 5.75 Å². The predicted octanol–water partition coefficient (Wildman–Crippen LogP) is 1.61. The number of anilines is 1. The molecule has 6 nitrogen and oxygen atoms in total. The Bertz CT molecular complexity index is 662. The minimum absolute atomic E-state index is 0.230. The maximum absolute atomic E-state index is 12.1. The predicted molar refractivity (Wildman–Crippen MR) is 82.5 cm³/mol. The Kier molecular flexibility index (Phi) is 5.18. The van der Waals surface area contributed by atoms with Gasteiger partial charge in [-0.15, -0.1) is 0 Å². The summed E-state index contributed by atoms with van der Waals surface area (Å²) in [6, 6.07) is 6.49. The Balaban J connectivity index is 2.04. The van der Waals surface area contributed by atoms with Crippen LogP contribution in [0, 0.1) is 0 Å². The molecule has 22 heavy (non-hydrogen) atoms. The molecule has 0 saturated heterocycles. The first kappa shape index (κ1) is 16.5. The molecule has 0 atom stereocenters. The fourth-order valence-electron chi connectivity index (χ4n) is 2.69. The quantitative estimate of drug-likeness (QED) is 0.827. The molecule has 1 aliphatic rings. The minimum atomic E-state index is -3.44. The van der Waals surface area contributed by atoms with E-state index in [9.17, 15) is 18.0 Å². The van der Waals surface area contributed by atoms with Gasteiger partial charge in [0.2, 0.25) is 5.91 Å². The largest absolute Gasteiger partial charge is 0.481 e. The number of para-hydroxylation sites is 1. The smallest absolute Gasteiger partial charge is 0.307 e. The summed E-state index contributed by atoms with van der Waals surface area (Å²) in [4.78, 5) is 22.8. The van der Waals surface area contributed by atoms with Crippen LogP contribution in [-0.4, -0.2) is 36.4 Å². The van der Waals surface area contributed by atoms with Crippen LogP contribution in [0.25, 0.3) is 0 Å². The normalized spacial score (nSPS) is 15.6. The van der Waals surface area contributed by atoms with Gasteiger partial charge in [0, 0.05) is 5.69 Å². The maximum Gasteiger partial charge on any atom is 0.307 e. The van der Waals surface area contributed by atoms with Crippen molar-refractivity contribution in [2.75, 3.05) is 11.1 Å². The Labute approximate surface area is 129 Å². The monoisotopic (exact) mass is 325 g/mol. The molecule has 1 amide bonds. The standard InChI is InChI=1S/C15H19NO5S/c17-14(10-22(20,21)12-6-2-3-7-12)16-13-8-4-1-5-11(13)9-15(18)19/h1,4-5,8,12H,2-3,6-7,9-10H2,(H,16,17)(H,18,19). The number of amides is 1. The van der Waals surface area contributed by atoms with Crippen LogP contribution in [0.1, 0.15) is 31.2 Å². The lowest BCUT2D eigenvalue weighted by Crippen LogP contribution is -2.29. The van der Waals surface area contributed by atoms with E-state index in [1.165, 1.54) is 0 Å². The summed E-state index contributed by atoms with van der Waals surface area (Å²) in [5, 5.41) is 10.9. The number of carbonyl (C=O) groups is 2. The molecule has 0 spiro atoms. The van der Waals surface area contributed by atoms with Crippen LogP contribution in [-0.2, 0) is 25.8 Å². The van der Waals surface area contributed by atoms with Crippen molar-refractivity contribution in [2.45, 2.75) is 37.4 Å². The van der Waals surface area contributed by atoms with Gasteiger partial charge in [0.05, 0.1) is 11.7 Å². The Hall–Kier alpha value is -1.89. The Morgan fingerprint density at radius 3 is 2.45 bits per heavy atom. The fraction of sp³-hybridized carbons (Fsp3) is 0.467. The van der Waals surface area contributed by atoms with E-state index in [2.05, 4.69) is 5.32 Å². The maximum atomic E-state index is 12.1. The van der Waals surface area contributed by atoms with E-state index < -0.39 is 32.7 Å². The number of carboxylic acid groups (broad SMARTS) is 1. The van der Waals surface area contributed by atoms with Gasteiger partial charge in [0.15, 0.2) is 9.84 Å². The van der Waals surface area contributed by atoms with Gasteiger partial charge in [0.25, 0.3) is 0 Å². The highest BCUT2D eigenvalue weighted by atomic mass is 32.2. The van der Waals surface area contributed by atoms with E-state index in [0.717, 1.165) is 12.8 Å². The number of carboxylic acids is 1. The van der Waals surface area contributed by atoms with Gasteiger partial charge >= 0.3 is 5.97 Å². The Morgan fingerprint density at radius 1 is 1.18 bits per heavy atom. The lowest BCUT2D eigenvalue weighted by atomic mass is 10.1. The summed E-state index contributed by atoms with van der Waals surface area (Å²) >= 11 is 0. The summed E-state index contributed by atoms with van der Waals surface area (Å²) in [6.07, 6.45) is 2.77. The van der Waals surface area contributed by atoms with E-state index in [4.69, 9.17) is 5.11 Å². The highest BCUT2D eigenvalue weighted by molar-refractivity contribution is 7.92. The van der Waals surface area contributed by atoms with Crippen LogP contribution >= 0.6 is 0 Å². The molecular weight excluding hydrogens is 306 g/mol. The molecule has 2 rings (SSSR count). The molecule has 0 aromatic heterocycles. The average Bonchev–Trinajstić information content (AvgIpc) is 2.94. The third-order valence-corrected chi connectivity index (χ3v) is 5.93. The van der Waals surface area contributed by atoms with E-state index in [1.54, 1.807) is 24.3 Å². The zero-order chi connectivity index (χ0) is 16.2. The molecule has 120 valence electrons. The molecule has 1 fully saturated rings. The van der Waals surface area contributed by atoms with Crippen molar-refractivity contribution < 1.29 is 23.1 Å². The summed E-state index contributed by atoms with van der Waals surface area (Å²) in [7, 11) is -3.44. The van der Waals surface area contributed by atoms with Crippen molar-refractivity contribution in [2.24, 2.45) is 0 Å². The van der Waals surface area contributed by atoms with Gasteiger partial charge in [-0.25, -0.2) is 8.42 Å². The van der Waals surface area contributed by atoms with Crippen molar-refractivity contribution in [3.63, 3.8) is 0 Å². The van der Waals surface area contributed by atoms with Crippen molar-refractivity contribution in [1.29, 1.82) is 0 Å². The number of benzene rings is 1. The molecule has 0 heterocycles. The topological polar surface area (TPSA) is 101 Å². The van der Waals surface area contributed by atoms with Gasteiger partial charge in [-0.2, -0.15) is 0 Å². The number of hydrogen-bond donors (Lipinski definition) is 2. The summed E-state index contributed by atoms with van der Waals surface area (Å²) < 4.78 is 24.3. The zero-order valence-corrected chi connectivity index (χ0v) is 12.9. The molecule has 0 radical (unpaired) electrons. The van der Waals surface area contributed by atoms with E-state index in [1.807, 2.05) is 0 Å². The average molecular weight is 325 g/mol. The molecule has 1 aromatic carbocycles. The van der Waals surface area contributed by atoms with Crippen LogP contribution < -0.4 is 5.32 Å². The van der Waals surface area contributed by atoms with E-state index in [0.29, 0.717) is 24.1 Å². The number of rotatable bonds is 6. The van der Waals surface area contributed by atoms with Crippen LogP contribution in [0.5, 0.6) is 0 Å². The summed E-state index contributed by atoms with van der Waals surface area (Å²) in [5.41, 5.74) is 0.790. The van der Waals surface area contributed by atoms with Crippen LogP contribution in [0.4, 0.5) is 5.69 Å². The summed E-state index contributed by atoms with van der Waals surface area (Å²) in [5.74, 6) is -2.19. The molecule has 7 heteroatoms. The van der Waals surface area contributed by atoms with E-state index >= 15 is 0 Å². The van der Waals surface area contributed by atoms with Crippen molar-refractivity contribution in [3.05, 3.63) is 29.8 Å². The van der Waals surface area contributed by atoms with Crippen molar-refractivity contribution >= 4 is 27.4 Å². The van der Waals surface area contributed by atoms with E-state index in [-0.39, 0.29) is 6.42 Å². The second-order valence-corrected chi connectivity index (χ2v) is 7.77.